The first-order valence-electron chi connectivity index (χ1n) is 3.54. The molecule has 1 heterocycles. The Hall–Kier alpha value is -2.04. The lowest BCUT2D eigenvalue weighted by atomic mass is 10.1. The van der Waals surface area contributed by atoms with E-state index < -0.39 is 0 Å². The molecule has 0 aromatic carbocycles. The van der Waals surface area contributed by atoms with Gasteiger partial charge in [0.25, 0.3) is 0 Å². The summed E-state index contributed by atoms with van der Waals surface area (Å²) >= 11 is 0. The highest BCUT2D eigenvalue weighted by atomic mass is 16.3. The molecule has 0 atom stereocenters. The van der Waals surface area contributed by atoms with Crippen LogP contribution in [0.15, 0.2) is 29.7 Å². The molecule has 1 aromatic rings. The second-order valence-electron chi connectivity index (χ2n) is 2.26. The summed E-state index contributed by atoms with van der Waals surface area (Å²) in [6, 6.07) is 3.10. The van der Waals surface area contributed by atoms with Crippen molar-refractivity contribution in [3.63, 3.8) is 0 Å². The summed E-state index contributed by atoms with van der Waals surface area (Å²) < 4.78 is 0. The zero-order chi connectivity index (χ0) is 9.68. The minimum Gasteiger partial charge on any atom is -0.404 e. The van der Waals surface area contributed by atoms with Gasteiger partial charge in [0.2, 0.25) is 0 Å². The third-order valence-electron chi connectivity index (χ3n) is 1.51. The molecule has 13 heavy (non-hydrogen) atoms. The maximum Gasteiger partial charge on any atom is 0.196 e. The Morgan fingerprint density at radius 1 is 1.62 bits per heavy atom. The monoisotopic (exact) mass is 176 g/mol. The van der Waals surface area contributed by atoms with Gasteiger partial charge in [0, 0.05) is 29.7 Å². The number of nitroso groups, excluding NO2 is 1. The van der Waals surface area contributed by atoms with Crippen LogP contribution in [0.5, 0.6) is 0 Å². The van der Waals surface area contributed by atoms with E-state index in [1.54, 1.807) is 6.07 Å². The van der Waals surface area contributed by atoms with E-state index in [1.165, 1.54) is 18.5 Å². The van der Waals surface area contributed by atoms with Gasteiger partial charge in [0.05, 0.1) is 0 Å². The lowest BCUT2D eigenvalue weighted by molar-refractivity contribution is 1.25. The van der Waals surface area contributed by atoms with Crippen molar-refractivity contribution in [2.45, 2.75) is 0 Å². The number of nitrogens with zero attached hydrogens (tertiary/aromatic N) is 2. The van der Waals surface area contributed by atoms with Crippen LogP contribution in [0, 0.1) is 10.3 Å². The number of nitrogens with two attached hydrogens (primary N) is 1. The molecule has 0 amide bonds. The lowest BCUT2D eigenvalue weighted by Gasteiger charge is -1.98. The molecule has 0 radical (unpaired) electrons. The Morgan fingerprint density at radius 3 is 2.77 bits per heavy atom. The van der Waals surface area contributed by atoms with E-state index in [9.17, 15) is 4.91 Å². The molecule has 0 spiro atoms. The Bertz CT molecular complexity index is 342. The van der Waals surface area contributed by atoms with E-state index in [0.29, 0.717) is 11.1 Å². The highest BCUT2D eigenvalue weighted by Gasteiger charge is 1.98. The molecular weight excluding hydrogens is 168 g/mol. The zero-order valence-corrected chi connectivity index (χ0v) is 6.77. The van der Waals surface area contributed by atoms with Gasteiger partial charge in [0.1, 0.15) is 0 Å². The van der Waals surface area contributed by atoms with E-state index >= 15 is 0 Å². The zero-order valence-electron chi connectivity index (χ0n) is 6.77. The molecule has 0 bridgehead atoms. The van der Waals surface area contributed by atoms with Crippen molar-refractivity contribution >= 4 is 17.6 Å². The second-order valence-corrected chi connectivity index (χ2v) is 2.26. The summed E-state index contributed by atoms with van der Waals surface area (Å²) in [5.41, 5.74) is 6.49. The Morgan fingerprint density at radius 2 is 2.38 bits per heavy atom. The molecule has 0 fully saturated rings. The molecule has 1 rings (SSSR count). The maximum absolute atomic E-state index is 10.0. The number of hydrogen-bond acceptors (Lipinski definition) is 5. The topological polar surface area (TPSA) is 92.2 Å². The molecule has 66 valence electrons. The molecular formula is C8H8N4O. The summed E-state index contributed by atoms with van der Waals surface area (Å²) in [5.74, 6) is 0.116. The van der Waals surface area contributed by atoms with Gasteiger partial charge >= 0.3 is 0 Å². The lowest BCUT2D eigenvalue weighted by Crippen LogP contribution is -1.90. The minimum atomic E-state index is 0.116. The van der Waals surface area contributed by atoms with Crippen LogP contribution in [0.4, 0.5) is 5.82 Å². The van der Waals surface area contributed by atoms with Crippen molar-refractivity contribution in [2.75, 3.05) is 0 Å². The molecule has 3 N–H and O–H groups in total. The average molecular weight is 176 g/mol. The van der Waals surface area contributed by atoms with Crippen LogP contribution in [0.25, 0.3) is 5.57 Å². The number of hydrogen-bond donors (Lipinski definition) is 2. The first-order chi connectivity index (χ1) is 6.31. The number of allylic oxidation sites excluding steroid dienone is 1. The van der Waals surface area contributed by atoms with Crippen LogP contribution in [0.2, 0.25) is 0 Å². The molecule has 0 saturated heterocycles. The first-order valence-corrected chi connectivity index (χ1v) is 3.54. The van der Waals surface area contributed by atoms with E-state index in [0.717, 1.165) is 6.21 Å². The highest BCUT2D eigenvalue weighted by Crippen LogP contribution is 2.13. The second kappa shape index (κ2) is 4.10. The number of pyridine rings is 1. The van der Waals surface area contributed by atoms with Gasteiger partial charge < -0.3 is 11.1 Å². The van der Waals surface area contributed by atoms with Crippen LogP contribution < -0.4 is 5.73 Å². The van der Waals surface area contributed by atoms with Crippen molar-refractivity contribution in [3.05, 3.63) is 35.0 Å². The third kappa shape index (κ3) is 1.96. The van der Waals surface area contributed by atoms with Crippen molar-refractivity contribution in [2.24, 2.45) is 10.9 Å². The van der Waals surface area contributed by atoms with Crippen LogP contribution in [-0.2, 0) is 0 Å². The van der Waals surface area contributed by atoms with E-state index in [1.807, 2.05) is 0 Å². The fraction of sp³-hybridized carbons (Fsp3) is 0. The van der Waals surface area contributed by atoms with Crippen LogP contribution in [-0.4, -0.2) is 11.2 Å². The van der Waals surface area contributed by atoms with Gasteiger partial charge in [-0.05, 0) is 17.3 Å². The Balaban J connectivity index is 3.04. The minimum absolute atomic E-state index is 0.116. The van der Waals surface area contributed by atoms with Gasteiger partial charge in [0.15, 0.2) is 5.82 Å². The van der Waals surface area contributed by atoms with E-state index in [4.69, 9.17) is 11.1 Å². The number of aromatic nitrogens is 1. The molecule has 0 saturated carbocycles. The summed E-state index contributed by atoms with van der Waals surface area (Å²) in [6.07, 6.45) is 3.86. The van der Waals surface area contributed by atoms with Crippen LogP contribution in [0.1, 0.15) is 5.56 Å². The average Bonchev–Trinajstić information content (AvgIpc) is 2.21. The maximum atomic E-state index is 10.0. The van der Waals surface area contributed by atoms with Crippen molar-refractivity contribution in [3.8, 4) is 0 Å². The van der Waals surface area contributed by atoms with Crippen molar-refractivity contribution in [1.82, 2.24) is 4.98 Å². The number of nitrogens with one attached hydrogen (secondary N) is 1. The Labute approximate surface area is 74.8 Å². The molecule has 1 aromatic heterocycles. The van der Waals surface area contributed by atoms with Crippen LogP contribution >= 0.6 is 0 Å². The normalized spacial score (nSPS) is 10.9. The van der Waals surface area contributed by atoms with Crippen molar-refractivity contribution in [1.29, 1.82) is 5.41 Å². The third-order valence-corrected chi connectivity index (χ3v) is 1.51. The van der Waals surface area contributed by atoms with E-state index in [2.05, 4.69) is 10.2 Å². The molecule has 5 heteroatoms. The predicted molar refractivity (Wildman–Crippen MR) is 50.6 cm³/mol. The van der Waals surface area contributed by atoms with E-state index in [-0.39, 0.29) is 5.82 Å². The molecule has 0 aliphatic carbocycles. The number of rotatable bonds is 3. The first kappa shape index (κ1) is 9.05. The molecule has 0 unspecified atom stereocenters. The van der Waals surface area contributed by atoms with Gasteiger partial charge in [-0.2, -0.15) is 0 Å². The summed E-state index contributed by atoms with van der Waals surface area (Å²) in [7, 11) is 0. The molecule has 0 aliphatic heterocycles. The van der Waals surface area contributed by atoms with Gasteiger partial charge in [-0.3, -0.25) is 0 Å². The summed E-state index contributed by atoms with van der Waals surface area (Å²) in [6.45, 7) is 0. The van der Waals surface area contributed by atoms with Crippen molar-refractivity contribution < 1.29 is 0 Å². The van der Waals surface area contributed by atoms with Gasteiger partial charge in [-0.15, -0.1) is 4.91 Å². The fourth-order valence-electron chi connectivity index (χ4n) is 0.838. The SMILES string of the molecule is N=C/C(=C\N)c1ccc(N=O)nc1. The smallest absolute Gasteiger partial charge is 0.196 e. The summed E-state index contributed by atoms with van der Waals surface area (Å²) in [5, 5.41) is 9.66. The molecule has 5 nitrogen and oxygen atoms in total. The fourth-order valence-corrected chi connectivity index (χ4v) is 0.838. The van der Waals surface area contributed by atoms with Gasteiger partial charge in [-0.25, -0.2) is 4.98 Å². The molecule has 0 aliphatic rings. The Kier molecular flexibility index (Phi) is 2.86. The predicted octanol–water partition coefficient (Wildman–Crippen LogP) is 1.43. The largest absolute Gasteiger partial charge is 0.404 e. The quantitative estimate of drug-likeness (QED) is 0.538. The highest BCUT2D eigenvalue weighted by molar-refractivity contribution is 6.07. The van der Waals surface area contributed by atoms with Gasteiger partial charge in [-0.1, -0.05) is 0 Å². The standard InChI is InChI=1S/C8H8N4O/c9-3-7(4-10)6-1-2-8(12-13)11-5-6/h1-5,9H,10H2/b7-4+,9-3?. The summed E-state index contributed by atoms with van der Waals surface area (Å²) in [4.78, 5) is 13.8. The van der Waals surface area contributed by atoms with Crippen LogP contribution in [0.3, 0.4) is 0 Å².